The van der Waals surface area contributed by atoms with Crippen molar-refractivity contribution in [2.45, 2.75) is 83.3 Å². The van der Waals surface area contributed by atoms with Gasteiger partial charge in [0.25, 0.3) is 0 Å². The normalized spacial score (nSPS) is 15.3. The third-order valence-corrected chi connectivity index (χ3v) is 6.00. The lowest BCUT2D eigenvalue weighted by Crippen LogP contribution is -2.35. The molecule has 4 atom stereocenters. The fraction of sp³-hybridized carbons (Fsp3) is 0.900. The highest BCUT2D eigenvalue weighted by Gasteiger charge is 2.28. The Balaban J connectivity index is 4.30. The Morgan fingerprint density at radius 2 is 1.34 bits per heavy atom. The van der Waals surface area contributed by atoms with Crippen LogP contribution in [0.5, 0.6) is 0 Å². The summed E-state index contributed by atoms with van der Waals surface area (Å²) < 4.78 is 32.7. The molecule has 0 spiro atoms. The molecule has 0 aromatic carbocycles. The van der Waals surface area contributed by atoms with Gasteiger partial charge in [0, 0.05) is 52.0 Å². The zero-order valence-corrected chi connectivity index (χ0v) is 19.7. The molecule has 0 fully saturated rings. The van der Waals surface area contributed by atoms with Gasteiger partial charge < -0.3 is 14.6 Å². The minimum atomic E-state index is -1.45. The number of hydrogen-bond acceptors (Lipinski definition) is 7. The topological polar surface area (TPSA) is 107 Å². The maximum atomic E-state index is 12.3. The highest BCUT2D eigenvalue weighted by molar-refractivity contribution is 7.84. The van der Waals surface area contributed by atoms with Crippen LogP contribution in [0.3, 0.4) is 0 Å². The van der Waals surface area contributed by atoms with E-state index in [0.29, 0.717) is 0 Å². The van der Waals surface area contributed by atoms with Gasteiger partial charge in [-0.25, -0.2) is 9.59 Å². The molecular weight excluding hydrogens is 416 g/mol. The van der Waals surface area contributed by atoms with Crippen LogP contribution in [0.15, 0.2) is 0 Å². The Hall–Kier alpha value is -0.800. The molecule has 4 unspecified atom stereocenters. The molecular formula is C20H38O7S2. The van der Waals surface area contributed by atoms with Gasteiger partial charge >= 0.3 is 11.9 Å². The Morgan fingerprint density at radius 1 is 0.828 bits per heavy atom. The van der Waals surface area contributed by atoms with Crippen LogP contribution in [0, 0.1) is 0 Å². The number of carbonyl (C=O) groups is 2. The summed E-state index contributed by atoms with van der Waals surface area (Å²) in [6, 6.07) is 0. The number of ether oxygens (including phenoxy) is 2. The third-order valence-electron chi connectivity index (χ3n) is 4.38. The highest BCUT2D eigenvalue weighted by Crippen LogP contribution is 2.10. The fourth-order valence-electron chi connectivity index (χ4n) is 2.61. The highest BCUT2D eigenvalue weighted by atomic mass is 32.2. The number of rotatable bonds is 18. The number of aliphatic hydroxyl groups is 1. The number of aliphatic hydroxyl groups excluding tert-OH is 1. The lowest BCUT2D eigenvalue weighted by molar-refractivity contribution is -0.173. The summed E-state index contributed by atoms with van der Waals surface area (Å²) in [5, 5.41) is 9.80. The van der Waals surface area contributed by atoms with Crippen molar-refractivity contribution in [3.63, 3.8) is 0 Å². The van der Waals surface area contributed by atoms with Crippen molar-refractivity contribution in [3.8, 4) is 0 Å². The molecule has 0 aromatic rings. The first-order chi connectivity index (χ1) is 13.8. The average molecular weight is 455 g/mol. The van der Waals surface area contributed by atoms with Gasteiger partial charge in [0.1, 0.15) is 0 Å². The fourth-order valence-corrected chi connectivity index (χ4v) is 3.71. The lowest BCUT2D eigenvalue weighted by Gasteiger charge is -2.18. The number of carbonyl (C=O) groups excluding carboxylic acids is 2. The molecule has 0 aliphatic rings. The van der Waals surface area contributed by atoms with Crippen molar-refractivity contribution in [2.24, 2.45) is 0 Å². The largest absolute Gasteiger partial charge is 0.463 e. The Morgan fingerprint density at radius 3 is 1.90 bits per heavy atom. The predicted octanol–water partition coefficient (Wildman–Crippen LogP) is 2.48. The summed E-state index contributed by atoms with van der Waals surface area (Å²) in [5.41, 5.74) is 0. The Labute approximate surface area is 180 Å². The molecule has 0 radical (unpaired) electrons. The molecule has 0 bridgehead atoms. The maximum absolute atomic E-state index is 12.3. The van der Waals surface area contributed by atoms with Crippen LogP contribution in [0.4, 0.5) is 0 Å². The molecule has 0 aliphatic heterocycles. The van der Waals surface area contributed by atoms with E-state index >= 15 is 0 Å². The number of esters is 2. The molecule has 0 amide bonds. The minimum absolute atomic E-state index is 0.0122. The molecule has 0 rings (SSSR count). The van der Waals surface area contributed by atoms with Gasteiger partial charge in [-0.15, -0.1) is 0 Å². The van der Waals surface area contributed by atoms with Gasteiger partial charge in [0.05, 0.1) is 6.61 Å². The molecule has 0 saturated heterocycles. The third kappa shape index (κ3) is 16.7. The van der Waals surface area contributed by atoms with Crippen molar-refractivity contribution in [2.75, 3.05) is 30.6 Å². The summed E-state index contributed by atoms with van der Waals surface area (Å²) in [6.45, 7) is 2.43. The van der Waals surface area contributed by atoms with Gasteiger partial charge in [-0.3, -0.25) is 8.42 Å². The van der Waals surface area contributed by atoms with Crippen molar-refractivity contribution in [1.82, 2.24) is 0 Å². The van der Waals surface area contributed by atoms with Crippen LogP contribution in [0.2, 0.25) is 0 Å². The van der Waals surface area contributed by atoms with E-state index in [9.17, 15) is 23.1 Å². The molecule has 172 valence electrons. The molecule has 9 heteroatoms. The van der Waals surface area contributed by atoms with Crippen LogP contribution in [-0.2, 0) is 40.7 Å². The van der Waals surface area contributed by atoms with Crippen LogP contribution < -0.4 is 0 Å². The standard InChI is InChI=1S/C20H38O7S2/c1-4-5-6-7-8-9-10-11-14-26-20(23)18(13-16-29(3)25)27-19(22)17(21)12-15-28(2)24/h17-18,21H,4-16H2,1-3H3. The van der Waals surface area contributed by atoms with Crippen molar-refractivity contribution in [3.05, 3.63) is 0 Å². The summed E-state index contributed by atoms with van der Waals surface area (Å²) >= 11 is 0. The Bertz CT molecular complexity index is 511. The van der Waals surface area contributed by atoms with Gasteiger partial charge in [0.15, 0.2) is 12.2 Å². The number of unbranched alkanes of at least 4 members (excludes halogenated alkanes) is 7. The van der Waals surface area contributed by atoms with E-state index in [0.717, 1.165) is 19.3 Å². The smallest absolute Gasteiger partial charge is 0.347 e. The predicted molar refractivity (Wildman–Crippen MR) is 117 cm³/mol. The second kappa shape index (κ2) is 18.0. The van der Waals surface area contributed by atoms with E-state index in [1.807, 2.05) is 0 Å². The second-order valence-electron chi connectivity index (χ2n) is 7.22. The lowest BCUT2D eigenvalue weighted by atomic mass is 10.1. The summed E-state index contributed by atoms with van der Waals surface area (Å²) in [5.74, 6) is -1.30. The first kappa shape index (κ1) is 28.2. The molecule has 29 heavy (non-hydrogen) atoms. The SMILES string of the molecule is CCCCCCCCCCOC(=O)C(CCS(C)=O)OC(=O)C(O)CCS(C)=O. The van der Waals surface area contributed by atoms with Crippen LogP contribution >= 0.6 is 0 Å². The average Bonchev–Trinajstić information content (AvgIpc) is 2.67. The zero-order valence-electron chi connectivity index (χ0n) is 18.1. The van der Waals surface area contributed by atoms with E-state index in [1.54, 1.807) is 0 Å². The monoisotopic (exact) mass is 454 g/mol. The van der Waals surface area contributed by atoms with Crippen LogP contribution in [0.1, 0.15) is 71.1 Å². The summed E-state index contributed by atoms with van der Waals surface area (Å²) in [4.78, 5) is 24.2. The van der Waals surface area contributed by atoms with E-state index in [2.05, 4.69) is 6.92 Å². The van der Waals surface area contributed by atoms with Crippen molar-refractivity contribution in [1.29, 1.82) is 0 Å². The molecule has 0 saturated carbocycles. The van der Waals surface area contributed by atoms with Crippen LogP contribution in [0.25, 0.3) is 0 Å². The van der Waals surface area contributed by atoms with E-state index in [4.69, 9.17) is 9.47 Å². The van der Waals surface area contributed by atoms with Gasteiger partial charge in [-0.05, 0) is 12.8 Å². The minimum Gasteiger partial charge on any atom is -0.463 e. The van der Waals surface area contributed by atoms with Gasteiger partial charge in [-0.2, -0.15) is 0 Å². The molecule has 0 heterocycles. The summed E-state index contributed by atoms with van der Waals surface area (Å²) in [6.07, 6.45) is 9.35. The molecule has 0 aliphatic carbocycles. The molecule has 0 aromatic heterocycles. The van der Waals surface area contributed by atoms with Crippen LogP contribution in [-0.4, -0.2) is 68.3 Å². The second-order valence-corrected chi connectivity index (χ2v) is 10.3. The van der Waals surface area contributed by atoms with E-state index in [-0.39, 0.29) is 31.0 Å². The quantitative estimate of drug-likeness (QED) is 0.250. The van der Waals surface area contributed by atoms with E-state index in [1.165, 1.54) is 44.6 Å². The van der Waals surface area contributed by atoms with Gasteiger partial charge in [-0.1, -0.05) is 51.9 Å². The van der Waals surface area contributed by atoms with Crippen molar-refractivity contribution >= 4 is 33.5 Å². The summed E-state index contributed by atoms with van der Waals surface area (Å²) in [7, 11) is -2.30. The van der Waals surface area contributed by atoms with E-state index < -0.39 is 45.7 Å². The Kier molecular flexibility index (Phi) is 17.5. The molecule has 1 N–H and O–H groups in total. The first-order valence-electron chi connectivity index (χ1n) is 10.4. The molecule has 7 nitrogen and oxygen atoms in total. The zero-order chi connectivity index (χ0) is 22.1. The van der Waals surface area contributed by atoms with Crippen molar-refractivity contribution < 1.29 is 32.6 Å². The van der Waals surface area contributed by atoms with Gasteiger partial charge in [0.2, 0.25) is 0 Å². The number of hydrogen-bond donors (Lipinski definition) is 1. The maximum Gasteiger partial charge on any atom is 0.347 e. The first-order valence-corrected chi connectivity index (χ1v) is 13.9.